The van der Waals surface area contributed by atoms with Gasteiger partial charge < -0.3 is 9.64 Å². The lowest BCUT2D eigenvalue weighted by Gasteiger charge is -2.30. The van der Waals surface area contributed by atoms with Crippen LogP contribution in [0.25, 0.3) is 0 Å². The molecule has 3 nitrogen and oxygen atoms in total. The van der Waals surface area contributed by atoms with Gasteiger partial charge in [0.25, 0.3) is 0 Å². The molecule has 0 spiro atoms. The number of amides is 1. The zero-order valence-corrected chi connectivity index (χ0v) is 13.5. The number of benzene rings is 2. The Morgan fingerprint density at radius 3 is 2.71 bits per heavy atom. The number of rotatable bonds is 4. The van der Waals surface area contributed by atoms with Crippen LogP contribution in [0.4, 0.5) is 14.5 Å². The molecule has 0 saturated heterocycles. The molecule has 1 amide bonds. The summed E-state index contributed by atoms with van der Waals surface area (Å²) in [5.41, 5.74) is 2.14. The first kappa shape index (κ1) is 16.4. The number of hydrogen-bond acceptors (Lipinski definition) is 2. The molecule has 2 aromatic carbocycles. The fraction of sp³-hybridized carbons (Fsp3) is 0.316. The third-order valence-corrected chi connectivity index (χ3v) is 4.08. The first-order chi connectivity index (χ1) is 11.5. The molecule has 3 rings (SSSR count). The molecular formula is C19H19F2NO2. The summed E-state index contributed by atoms with van der Waals surface area (Å²) in [5.74, 6) is -0.350. The number of fused-ring (bicyclic) bond motifs is 1. The van der Waals surface area contributed by atoms with Crippen molar-refractivity contribution in [2.24, 2.45) is 0 Å². The van der Waals surface area contributed by atoms with Gasteiger partial charge in [0.2, 0.25) is 5.91 Å². The smallest absolute Gasteiger partial charge is 0.230 e. The molecule has 0 fully saturated rings. The zero-order chi connectivity index (χ0) is 17.1. The van der Waals surface area contributed by atoms with Crippen molar-refractivity contribution in [1.82, 2.24) is 0 Å². The third-order valence-electron chi connectivity index (χ3n) is 4.08. The van der Waals surface area contributed by atoms with Crippen molar-refractivity contribution in [2.45, 2.75) is 26.2 Å². The lowest BCUT2D eigenvalue weighted by Crippen LogP contribution is -2.37. The van der Waals surface area contributed by atoms with Crippen LogP contribution in [0.5, 0.6) is 5.75 Å². The quantitative estimate of drug-likeness (QED) is 0.847. The van der Waals surface area contributed by atoms with E-state index in [1.807, 2.05) is 13.0 Å². The topological polar surface area (TPSA) is 29.5 Å². The molecule has 126 valence electrons. The fourth-order valence-corrected chi connectivity index (χ4v) is 3.01. The van der Waals surface area contributed by atoms with Crippen LogP contribution < -0.4 is 9.64 Å². The lowest BCUT2D eigenvalue weighted by molar-refractivity contribution is -0.119. The SMILES string of the molecule is Cc1cc(F)c2c(c1)CCCN2C(=O)CCOc1ccc(F)cc1. The van der Waals surface area contributed by atoms with Gasteiger partial charge in [-0.05, 0) is 61.2 Å². The minimum absolute atomic E-state index is 0.143. The predicted molar refractivity (Wildman–Crippen MR) is 88.3 cm³/mol. The molecule has 0 aromatic heterocycles. The van der Waals surface area contributed by atoms with Crippen LogP contribution >= 0.6 is 0 Å². The van der Waals surface area contributed by atoms with E-state index in [9.17, 15) is 13.6 Å². The molecule has 24 heavy (non-hydrogen) atoms. The first-order valence-electron chi connectivity index (χ1n) is 8.02. The molecular weight excluding hydrogens is 312 g/mol. The minimum Gasteiger partial charge on any atom is -0.493 e. The molecule has 5 heteroatoms. The number of anilines is 1. The largest absolute Gasteiger partial charge is 0.493 e. The van der Waals surface area contributed by atoms with Gasteiger partial charge in [0.15, 0.2) is 0 Å². The monoisotopic (exact) mass is 331 g/mol. The Balaban J connectivity index is 1.65. The molecule has 1 aliphatic rings. The number of nitrogens with zero attached hydrogens (tertiary/aromatic N) is 1. The number of halogens is 2. The number of aryl methyl sites for hydroxylation is 2. The van der Waals surface area contributed by atoms with E-state index in [4.69, 9.17) is 4.74 Å². The van der Waals surface area contributed by atoms with Gasteiger partial charge in [0, 0.05) is 6.54 Å². The molecule has 1 aliphatic heterocycles. The maximum absolute atomic E-state index is 14.3. The predicted octanol–water partition coefficient (Wildman–Crippen LogP) is 4.02. The molecule has 0 unspecified atom stereocenters. The Hall–Kier alpha value is -2.43. The summed E-state index contributed by atoms with van der Waals surface area (Å²) in [4.78, 5) is 14.0. The Labute approximate surface area is 139 Å². The van der Waals surface area contributed by atoms with E-state index in [0.717, 1.165) is 24.0 Å². The van der Waals surface area contributed by atoms with Gasteiger partial charge in [-0.15, -0.1) is 0 Å². The van der Waals surface area contributed by atoms with Gasteiger partial charge in [-0.3, -0.25) is 4.79 Å². The summed E-state index contributed by atoms with van der Waals surface area (Å²) in [6.07, 6.45) is 1.74. The highest BCUT2D eigenvalue weighted by atomic mass is 19.1. The highest BCUT2D eigenvalue weighted by Crippen LogP contribution is 2.31. The van der Waals surface area contributed by atoms with E-state index in [2.05, 4.69) is 0 Å². The van der Waals surface area contributed by atoms with Crippen molar-refractivity contribution < 1.29 is 18.3 Å². The van der Waals surface area contributed by atoms with Crippen molar-refractivity contribution in [3.8, 4) is 5.75 Å². The number of ether oxygens (including phenoxy) is 1. The highest BCUT2D eigenvalue weighted by molar-refractivity contribution is 5.94. The van der Waals surface area contributed by atoms with E-state index in [0.29, 0.717) is 18.0 Å². The molecule has 0 radical (unpaired) electrons. The van der Waals surface area contributed by atoms with Gasteiger partial charge in [0.1, 0.15) is 17.4 Å². The van der Waals surface area contributed by atoms with Crippen LogP contribution in [0.3, 0.4) is 0 Å². The van der Waals surface area contributed by atoms with E-state index < -0.39 is 0 Å². The van der Waals surface area contributed by atoms with E-state index in [1.54, 1.807) is 0 Å². The van der Waals surface area contributed by atoms with Crippen LogP contribution in [0.2, 0.25) is 0 Å². The van der Waals surface area contributed by atoms with Crippen molar-refractivity contribution in [1.29, 1.82) is 0 Å². The summed E-state index contributed by atoms with van der Waals surface area (Å²) in [7, 11) is 0. The van der Waals surface area contributed by atoms with Crippen LogP contribution in [0, 0.1) is 18.6 Å². The van der Waals surface area contributed by atoms with Crippen molar-refractivity contribution in [3.63, 3.8) is 0 Å². The molecule has 0 saturated carbocycles. The molecule has 0 atom stereocenters. The molecule has 0 aliphatic carbocycles. The van der Waals surface area contributed by atoms with E-state index in [-0.39, 0.29) is 30.6 Å². The molecule has 0 N–H and O–H groups in total. The van der Waals surface area contributed by atoms with Crippen molar-refractivity contribution in [2.75, 3.05) is 18.1 Å². The van der Waals surface area contributed by atoms with Crippen LogP contribution in [-0.2, 0) is 11.2 Å². The van der Waals surface area contributed by atoms with Crippen LogP contribution in [-0.4, -0.2) is 19.1 Å². The zero-order valence-electron chi connectivity index (χ0n) is 13.5. The minimum atomic E-state index is -0.350. The van der Waals surface area contributed by atoms with E-state index >= 15 is 0 Å². The second-order valence-corrected chi connectivity index (χ2v) is 5.96. The van der Waals surface area contributed by atoms with Gasteiger partial charge in [-0.1, -0.05) is 6.07 Å². The Bertz CT molecular complexity index is 744. The number of carbonyl (C=O) groups is 1. The maximum atomic E-state index is 14.3. The summed E-state index contributed by atoms with van der Waals surface area (Å²) < 4.78 is 32.6. The maximum Gasteiger partial charge on any atom is 0.230 e. The lowest BCUT2D eigenvalue weighted by atomic mass is 9.99. The normalized spacial score (nSPS) is 13.5. The Morgan fingerprint density at radius 2 is 1.96 bits per heavy atom. The Morgan fingerprint density at radius 1 is 1.21 bits per heavy atom. The van der Waals surface area contributed by atoms with Gasteiger partial charge >= 0.3 is 0 Å². The average Bonchev–Trinajstić information content (AvgIpc) is 2.55. The molecule has 2 aromatic rings. The average molecular weight is 331 g/mol. The highest BCUT2D eigenvalue weighted by Gasteiger charge is 2.25. The number of carbonyl (C=O) groups excluding carboxylic acids is 1. The molecule has 1 heterocycles. The van der Waals surface area contributed by atoms with Crippen molar-refractivity contribution in [3.05, 3.63) is 59.2 Å². The van der Waals surface area contributed by atoms with Gasteiger partial charge in [-0.2, -0.15) is 0 Å². The second-order valence-electron chi connectivity index (χ2n) is 5.96. The fourth-order valence-electron chi connectivity index (χ4n) is 3.01. The van der Waals surface area contributed by atoms with Crippen molar-refractivity contribution >= 4 is 11.6 Å². The second kappa shape index (κ2) is 6.99. The first-order valence-corrected chi connectivity index (χ1v) is 8.02. The van der Waals surface area contributed by atoms with Gasteiger partial charge in [0.05, 0.1) is 18.7 Å². The number of hydrogen-bond donors (Lipinski definition) is 0. The Kier molecular flexibility index (Phi) is 4.79. The summed E-state index contributed by atoms with van der Waals surface area (Å²) in [6, 6.07) is 9.02. The third kappa shape index (κ3) is 3.55. The molecule has 0 bridgehead atoms. The summed E-state index contributed by atoms with van der Waals surface area (Å²) in [6.45, 7) is 2.53. The standard InChI is InChI=1S/C19H19F2NO2/c1-13-11-14-3-2-9-22(19(14)17(21)12-13)18(23)8-10-24-16-6-4-15(20)5-7-16/h4-7,11-12H,2-3,8-10H2,1H3. The summed E-state index contributed by atoms with van der Waals surface area (Å²) in [5, 5.41) is 0. The van der Waals surface area contributed by atoms with Crippen LogP contribution in [0.15, 0.2) is 36.4 Å². The van der Waals surface area contributed by atoms with Gasteiger partial charge in [-0.25, -0.2) is 8.78 Å². The summed E-state index contributed by atoms with van der Waals surface area (Å²) >= 11 is 0. The van der Waals surface area contributed by atoms with Crippen LogP contribution in [0.1, 0.15) is 24.0 Å². The van der Waals surface area contributed by atoms with E-state index in [1.165, 1.54) is 35.2 Å².